The Balaban J connectivity index is 2.01. The molecule has 0 aliphatic carbocycles. The Morgan fingerprint density at radius 3 is 3.20 bits per heavy atom. The van der Waals surface area contributed by atoms with Crippen molar-refractivity contribution in [3.63, 3.8) is 0 Å². The predicted octanol–water partition coefficient (Wildman–Crippen LogP) is 1.35. The first-order valence-corrected chi connectivity index (χ1v) is 7.33. The monoisotopic (exact) mass is 270 g/mol. The second-order valence-corrected chi connectivity index (χ2v) is 5.76. The van der Waals surface area contributed by atoms with E-state index in [1.54, 1.807) is 0 Å². The van der Waals surface area contributed by atoms with Gasteiger partial charge in [-0.25, -0.2) is 9.55 Å². The molecular weight excluding hydrogens is 250 g/mol. The van der Waals surface area contributed by atoms with Gasteiger partial charge in [-0.1, -0.05) is 13.3 Å². The van der Waals surface area contributed by atoms with Gasteiger partial charge in [0.05, 0.1) is 7.05 Å². The van der Waals surface area contributed by atoms with Crippen molar-refractivity contribution < 1.29 is 4.57 Å². The Bertz CT molecular complexity index is 769. The second-order valence-electron chi connectivity index (χ2n) is 5.76. The minimum atomic E-state index is 0.578. The first-order valence-electron chi connectivity index (χ1n) is 7.33. The third kappa shape index (κ3) is 1.53. The summed E-state index contributed by atoms with van der Waals surface area (Å²) in [7, 11) is 2.10. The lowest BCUT2D eigenvalue weighted by atomic mass is 9.91. The van der Waals surface area contributed by atoms with E-state index in [1.165, 1.54) is 17.6 Å². The zero-order valence-corrected chi connectivity index (χ0v) is 11.9. The van der Waals surface area contributed by atoms with Crippen LogP contribution in [0.4, 0.5) is 0 Å². The van der Waals surface area contributed by atoms with Crippen LogP contribution in [0.2, 0.25) is 0 Å². The average Bonchev–Trinajstić information content (AvgIpc) is 3.14. The van der Waals surface area contributed by atoms with Crippen molar-refractivity contribution in [3.05, 3.63) is 30.4 Å². The van der Waals surface area contributed by atoms with Crippen LogP contribution in [0.5, 0.6) is 0 Å². The molecule has 1 saturated heterocycles. The van der Waals surface area contributed by atoms with Crippen molar-refractivity contribution in [2.45, 2.75) is 19.3 Å². The molecule has 5 heteroatoms. The summed E-state index contributed by atoms with van der Waals surface area (Å²) in [5.41, 5.74) is 4.66. The van der Waals surface area contributed by atoms with E-state index in [1.807, 2.05) is 12.4 Å². The van der Waals surface area contributed by atoms with Gasteiger partial charge in [0.25, 0.3) is 0 Å². The summed E-state index contributed by atoms with van der Waals surface area (Å²) in [6.45, 7) is 4.48. The number of H-pyrrole nitrogens is 1. The highest BCUT2D eigenvalue weighted by molar-refractivity contribution is 5.74. The molecule has 0 saturated carbocycles. The van der Waals surface area contributed by atoms with Crippen LogP contribution in [-0.4, -0.2) is 27.5 Å². The van der Waals surface area contributed by atoms with Gasteiger partial charge in [-0.3, -0.25) is 0 Å². The fraction of sp³-hybridized carbons (Fsp3) is 0.467. The number of fused-ring (bicyclic) bond motifs is 3. The normalized spacial score (nSPS) is 23.1. The molecule has 4 heterocycles. The van der Waals surface area contributed by atoms with Gasteiger partial charge < -0.3 is 10.3 Å². The Kier molecular flexibility index (Phi) is 2.57. The highest BCUT2D eigenvalue weighted by atomic mass is 15.1. The van der Waals surface area contributed by atoms with Crippen LogP contribution in [0.3, 0.4) is 0 Å². The van der Waals surface area contributed by atoms with E-state index in [2.05, 4.69) is 50.5 Å². The van der Waals surface area contributed by atoms with Gasteiger partial charge >= 0.3 is 5.65 Å². The number of aromatic amines is 1. The second kappa shape index (κ2) is 4.31. The molecule has 3 aromatic rings. The summed E-state index contributed by atoms with van der Waals surface area (Å²) in [4.78, 5) is 7.70. The topological polar surface area (TPSA) is 49.0 Å². The highest BCUT2D eigenvalue weighted by Crippen LogP contribution is 2.31. The van der Waals surface area contributed by atoms with Crippen molar-refractivity contribution in [1.82, 2.24) is 19.7 Å². The number of hydrogen-bond acceptors (Lipinski definition) is 2. The van der Waals surface area contributed by atoms with Crippen LogP contribution < -0.4 is 9.88 Å². The first-order chi connectivity index (χ1) is 9.79. The molecule has 1 aliphatic heterocycles. The first kappa shape index (κ1) is 11.9. The van der Waals surface area contributed by atoms with Crippen LogP contribution in [0.25, 0.3) is 16.8 Å². The molecule has 1 aliphatic rings. The molecule has 2 atom stereocenters. The molecule has 104 valence electrons. The minimum absolute atomic E-state index is 0.578. The lowest BCUT2D eigenvalue weighted by Crippen LogP contribution is -2.25. The summed E-state index contributed by atoms with van der Waals surface area (Å²) in [5.74, 6) is 1.30. The standard InChI is InChI=1S/C15H19N5/c1-3-10-6-16-7-11(10)13-9-19(2)14-8-18-15-12(20(13)14)4-5-17-15/h4-5,8-11,16H,3,6-7H2,1-2H3/p+1/t10-,11?/m1/s1. The quantitative estimate of drug-likeness (QED) is 0.691. The van der Waals surface area contributed by atoms with E-state index in [0.717, 1.165) is 30.3 Å². The van der Waals surface area contributed by atoms with E-state index >= 15 is 0 Å². The molecule has 0 spiro atoms. The van der Waals surface area contributed by atoms with Gasteiger partial charge in [0.1, 0.15) is 12.4 Å². The van der Waals surface area contributed by atoms with Crippen LogP contribution in [0.15, 0.2) is 24.7 Å². The fourth-order valence-electron chi connectivity index (χ4n) is 3.55. The van der Waals surface area contributed by atoms with Crippen LogP contribution in [0.1, 0.15) is 25.0 Å². The third-order valence-corrected chi connectivity index (χ3v) is 4.67. The number of hydrogen-bond donors (Lipinski definition) is 2. The maximum Gasteiger partial charge on any atom is 0.305 e. The van der Waals surface area contributed by atoms with Crippen molar-refractivity contribution in [2.24, 2.45) is 13.0 Å². The molecule has 4 rings (SSSR count). The van der Waals surface area contributed by atoms with E-state index in [9.17, 15) is 0 Å². The van der Waals surface area contributed by atoms with E-state index in [-0.39, 0.29) is 0 Å². The number of imidazole rings is 1. The maximum absolute atomic E-state index is 4.50. The van der Waals surface area contributed by atoms with Crippen molar-refractivity contribution in [3.8, 4) is 0 Å². The fourth-order valence-corrected chi connectivity index (χ4v) is 3.55. The smallest absolute Gasteiger partial charge is 0.305 e. The van der Waals surface area contributed by atoms with Crippen molar-refractivity contribution in [2.75, 3.05) is 13.1 Å². The minimum Gasteiger partial charge on any atom is -0.343 e. The Hall–Kier alpha value is -1.88. The highest BCUT2D eigenvalue weighted by Gasteiger charge is 2.34. The number of rotatable bonds is 2. The predicted molar refractivity (Wildman–Crippen MR) is 77.6 cm³/mol. The SMILES string of the molecule is CC[C@@H]1CNCC1c1c[n+](C)c2cnc3[nH]ccc3n12. The Labute approximate surface area is 117 Å². The van der Waals surface area contributed by atoms with Crippen molar-refractivity contribution >= 4 is 16.8 Å². The van der Waals surface area contributed by atoms with E-state index in [0.29, 0.717) is 5.92 Å². The maximum atomic E-state index is 4.50. The molecule has 1 unspecified atom stereocenters. The van der Waals surface area contributed by atoms with Crippen molar-refractivity contribution in [1.29, 1.82) is 0 Å². The van der Waals surface area contributed by atoms with Crippen LogP contribution >= 0.6 is 0 Å². The van der Waals surface area contributed by atoms with Gasteiger partial charge in [0.15, 0.2) is 16.9 Å². The Morgan fingerprint density at radius 2 is 2.35 bits per heavy atom. The number of aromatic nitrogens is 4. The molecule has 20 heavy (non-hydrogen) atoms. The number of aryl methyl sites for hydroxylation is 1. The Morgan fingerprint density at radius 1 is 1.45 bits per heavy atom. The van der Waals surface area contributed by atoms with E-state index < -0.39 is 0 Å². The third-order valence-electron chi connectivity index (χ3n) is 4.67. The van der Waals surface area contributed by atoms with Crippen LogP contribution in [0, 0.1) is 5.92 Å². The van der Waals surface area contributed by atoms with Gasteiger partial charge in [-0.2, -0.15) is 4.40 Å². The zero-order chi connectivity index (χ0) is 13.7. The summed E-state index contributed by atoms with van der Waals surface area (Å²) < 4.78 is 4.54. The molecule has 0 bridgehead atoms. The number of nitrogens with zero attached hydrogens (tertiary/aromatic N) is 3. The average molecular weight is 270 g/mol. The number of nitrogens with one attached hydrogen (secondary N) is 2. The van der Waals surface area contributed by atoms with Gasteiger partial charge in [0.2, 0.25) is 0 Å². The van der Waals surface area contributed by atoms with Crippen LogP contribution in [-0.2, 0) is 7.05 Å². The van der Waals surface area contributed by atoms with Gasteiger partial charge in [-0.15, -0.1) is 0 Å². The largest absolute Gasteiger partial charge is 0.343 e. The zero-order valence-electron chi connectivity index (χ0n) is 11.9. The summed E-state index contributed by atoms with van der Waals surface area (Å²) in [6.07, 6.45) is 7.40. The summed E-state index contributed by atoms with van der Waals surface area (Å²) in [5, 5.41) is 3.54. The molecule has 2 N–H and O–H groups in total. The lowest BCUT2D eigenvalue weighted by molar-refractivity contribution is -0.644. The molecule has 5 nitrogen and oxygen atoms in total. The molecule has 3 aromatic heterocycles. The van der Waals surface area contributed by atoms with Gasteiger partial charge in [-0.05, 0) is 12.5 Å². The summed E-state index contributed by atoms with van der Waals surface area (Å²) >= 11 is 0. The molecule has 0 amide bonds. The molecule has 1 fully saturated rings. The molecule has 0 aromatic carbocycles. The van der Waals surface area contributed by atoms with E-state index in [4.69, 9.17) is 0 Å². The molecular formula is C15H20N5+. The molecule has 0 radical (unpaired) electrons. The summed E-state index contributed by atoms with van der Waals surface area (Å²) in [6, 6.07) is 2.11. The lowest BCUT2D eigenvalue weighted by Gasteiger charge is -2.13. The van der Waals surface area contributed by atoms with Gasteiger partial charge in [0, 0.05) is 24.7 Å².